The van der Waals surface area contributed by atoms with Gasteiger partial charge in [0.05, 0.1) is 19.3 Å². The predicted octanol–water partition coefficient (Wildman–Crippen LogP) is 5.39. The van der Waals surface area contributed by atoms with Crippen molar-refractivity contribution < 1.29 is 14.3 Å². The van der Waals surface area contributed by atoms with Crippen LogP contribution in [0.15, 0.2) is 48.5 Å². The molecule has 0 radical (unpaired) electrons. The smallest absolute Gasteiger partial charge is 0.410 e. The second kappa shape index (κ2) is 8.19. The number of carbonyl (C=O) groups is 1. The van der Waals surface area contributed by atoms with Crippen LogP contribution in [0.2, 0.25) is 5.02 Å². The number of ether oxygens (including phenoxy) is 2. The van der Waals surface area contributed by atoms with Crippen LogP contribution in [0.1, 0.15) is 32.4 Å². The van der Waals surface area contributed by atoms with Gasteiger partial charge in [0.15, 0.2) is 0 Å². The van der Waals surface area contributed by atoms with E-state index < -0.39 is 5.60 Å². The normalized spacial score (nSPS) is 17.5. The molecule has 0 aliphatic carbocycles. The minimum absolute atomic E-state index is 0.154. The highest BCUT2D eigenvalue weighted by Gasteiger charge is 2.31. The Labute approximate surface area is 165 Å². The molecule has 27 heavy (non-hydrogen) atoms. The van der Waals surface area contributed by atoms with Crippen LogP contribution in [0, 0.1) is 0 Å². The molecular formula is C21H25ClN2O3. The Kier molecular flexibility index (Phi) is 5.92. The summed E-state index contributed by atoms with van der Waals surface area (Å²) in [6, 6.07) is 15.4. The fourth-order valence-electron chi connectivity index (χ4n) is 2.91. The van der Waals surface area contributed by atoms with E-state index in [-0.39, 0.29) is 12.1 Å². The van der Waals surface area contributed by atoms with Crippen molar-refractivity contribution in [2.24, 2.45) is 0 Å². The van der Waals surface area contributed by atoms with Gasteiger partial charge in [0.1, 0.15) is 5.60 Å². The lowest BCUT2D eigenvalue weighted by atomic mass is 10.0. The van der Waals surface area contributed by atoms with E-state index in [9.17, 15) is 4.79 Å². The Balaban J connectivity index is 1.72. The monoisotopic (exact) mass is 388 g/mol. The van der Waals surface area contributed by atoms with Crippen molar-refractivity contribution in [1.29, 1.82) is 0 Å². The molecule has 0 spiro atoms. The molecule has 1 amide bonds. The molecule has 1 atom stereocenters. The van der Waals surface area contributed by atoms with Crippen molar-refractivity contribution in [2.45, 2.75) is 32.4 Å². The number of anilines is 2. The van der Waals surface area contributed by atoms with Crippen LogP contribution < -0.4 is 5.32 Å². The summed E-state index contributed by atoms with van der Waals surface area (Å²) in [5, 5.41) is 4.04. The molecule has 0 aromatic heterocycles. The van der Waals surface area contributed by atoms with Gasteiger partial charge in [-0.1, -0.05) is 23.7 Å². The van der Waals surface area contributed by atoms with E-state index in [2.05, 4.69) is 5.32 Å². The molecule has 2 aromatic carbocycles. The van der Waals surface area contributed by atoms with Gasteiger partial charge in [-0.3, -0.25) is 4.90 Å². The molecule has 5 nitrogen and oxygen atoms in total. The highest BCUT2D eigenvalue weighted by Crippen LogP contribution is 2.28. The number of hydrogen-bond donors (Lipinski definition) is 1. The van der Waals surface area contributed by atoms with Gasteiger partial charge in [-0.15, -0.1) is 0 Å². The Bertz CT molecular complexity index is 770. The molecule has 1 N–H and O–H groups in total. The number of hydrogen-bond acceptors (Lipinski definition) is 4. The quantitative estimate of drug-likeness (QED) is 0.765. The van der Waals surface area contributed by atoms with Crippen LogP contribution in [0.3, 0.4) is 0 Å². The summed E-state index contributed by atoms with van der Waals surface area (Å²) in [6.45, 7) is 7.12. The number of amides is 1. The zero-order chi connectivity index (χ0) is 19.4. The fraction of sp³-hybridized carbons (Fsp3) is 0.381. The van der Waals surface area contributed by atoms with E-state index in [0.717, 1.165) is 16.9 Å². The number of benzene rings is 2. The average molecular weight is 389 g/mol. The highest BCUT2D eigenvalue weighted by atomic mass is 35.5. The first-order chi connectivity index (χ1) is 12.8. The molecule has 0 bridgehead atoms. The van der Waals surface area contributed by atoms with Gasteiger partial charge in [0, 0.05) is 22.9 Å². The zero-order valence-corrected chi connectivity index (χ0v) is 16.6. The van der Waals surface area contributed by atoms with E-state index >= 15 is 0 Å². The molecule has 1 saturated heterocycles. The van der Waals surface area contributed by atoms with Crippen LogP contribution >= 0.6 is 11.6 Å². The summed E-state index contributed by atoms with van der Waals surface area (Å²) in [7, 11) is 0. The summed E-state index contributed by atoms with van der Waals surface area (Å²) in [4.78, 5) is 14.3. The third-order valence-corrected chi connectivity index (χ3v) is 4.44. The number of rotatable bonds is 3. The van der Waals surface area contributed by atoms with Crippen LogP contribution in [-0.2, 0) is 9.47 Å². The molecule has 1 fully saturated rings. The van der Waals surface area contributed by atoms with Gasteiger partial charge >= 0.3 is 6.09 Å². The first kappa shape index (κ1) is 19.5. The maximum Gasteiger partial charge on any atom is 0.410 e. The number of carbonyl (C=O) groups excluding carboxylic acids is 1. The standard InChI is InChI=1S/C21H25ClN2O3/c1-21(2,3)27-20(25)24-12-13-26-14-19(24)15-4-8-17(9-5-15)23-18-10-6-16(22)7-11-18/h4-11,19,23H,12-14H2,1-3H3/t19-/m1/s1. The molecule has 1 heterocycles. The maximum absolute atomic E-state index is 12.6. The van der Waals surface area contributed by atoms with Crippen molar-refractivity contribution in [2.75, 3.05) is 25.1 Å². The lowest BCUT2D eigenvalue weighted by Crippen LogP contribution is -2.45. The molecule has 0 unspecified atom stereocenters. The Morgan fingerprint density at radius 1 is 1.11 bits per heavy atom. The van der Waals surface area contributed by atoms with Crippen LogP contribution in [0.25, 0.3) is 0 Å². The lowest BCUT2D eigenvalue weighted by Gasteiger charge is -2.36. The van der Waals surface area contributed by atoms with Crippen molar-refractivity contribution in [3.05, 3.63) is 59.1 Å². The second-order valence-corrected chi connectivity index (χ2v) is 7.95. The summed E-state index contributed by atoms with van der Waals surface area (Å²) in [5.74, 6) is 0. The van der Waals surface area contributed by atoms with Crippen LogP contribution in [0.5, 0.6) is 0 Å². The third-order valence-electron chi connectivity index (χ3n) is 4.18. The summed E-state index contributed by atoms with van der Waals surface area (Å²) in [5.41, 5.74) is 2.42. The highest BCUT2D eigenvalue weighted by molar-refractivity contribution is 6.30. The Morgan fingerprint density at radius 2 is 1.70 bits per heavy atom. The first-order valence-corrected chi connectivity index (χ1v) is 9.39. The number of nitrogens with one attached hydrogen (secondary N) is 1. The van der Waals surface area contributed by atoms with E-state index in [1.807, 2.05) is 69.3 Å². The molecule has 1 aliphatic rings. The molecule has 2 aromatic rings. The number of halogens is 1. The summed E-state index contributed by atoms with van der Waals surface area (Å²) < 4.78 is 11.2. The maximum atomic E-state index is 12.6. The lowest BCUT2D eigenvalue weighted by molar-refractivity contribution is -0.0331. The molecule has 0 saturated carbocycles. The van der Waals surface area contributed by atoms with Crippen molar-refractivity contribution in [3.8, 4) is 0 Å². The number of nitrogens with zero attached hydrogens (tertiary/aromatic N) is 1. The Morgan fingerprint density at radius 3 is 2.30 bits per heavy atom. The predicted molar refractivity (Wildman–Crippen MR) is 108 cm³/mol. The fourth-order valence-corrected chi connectivity index (χ4v) is 3.03. The molecule has 6 heteroatoms. The average Bonchev–Trinajstić information content (AvgIpc) is 2.63. The second-order valence-electron chi connectivity index (χ2n) is 7.52. The summed E-state index contributed by atoms with van der Waals surface area (Å²) in [6.07, 6.45) is -0.306. The third kappa shape index (κ3) is 5.37. The molecular weight excluding hydrogens is 364 g/mol. The van der Waals surface area contributed by atoms with Gasteiger partial charge in [-0.2, -0.15) is 0 Å². The number of morpholine rings is 1. The minimum atomic E-state index is -0.522. The van der Waals surface area contributed by atoms with Crippen LogP contribution in [0.4, 0.5) is 16.2 Å². The van der Waals surface area contributed by atoms with E-state index in [1.54, 1.807) is 4.90 Å². The van der Waals surface area contributed by atoms with Crippen molar-refractivity contribution in [3.63, 3.8) is 0 Å². The SMILES string of the molecule is CC(C)(C)OC(=O)N1CCOC[C@@H]1c1ccc(Nc2ccc(Cl)cc2)cc1. The minimum Gasteiger partial charge on any atom is -0.444 e. The Hall–Kier alpha value is -2.24. The molecule has 1 aliphatic heterocycles. The van der Waals surface area contributed by atoms with E-state index in [4.69, 9.17) is 21.1 Å². The molecule has 144 valence electrons. The molecule has 3 rings (SSSR count). The first-order valence-electron chi connectivity index (χ1n) is 9.02. The van der Waals surface area contributed by atoms with Gasteiger partial charge in [0.25, 0.3) is 0 Å². The van der Waals surface area contributed by atoms with E-state index in [0.29, 0.717) is 24.8 Å². The van der Waals surface area contributed by atoms with Gasteiger partial charge in [0.2, 0.25) is 0 Å². The van der Waals surface area contributed by atoms with Crippen molar-refractivity contribution in [1.82, 2.24) is 4.90 Å². The largest absolute Gasteiger partial charge is 0.444 e. The van der Waals surface area contributed by atoms with Gasteiger partial charge < -0.3 is 14.8 Å². The summed E-state index contributed by atoms with van der Waals surface area (Å²) >= 11 is 5.92. The van der Waals surface area contributed by atoms with Gasteiger partial charge in [-0.25, -0.2) is 4.79 Å². The zero-order valence-electron chi connectivity index (χ0n) is 15.9. The van der Waals surface area contributed by atoms with Crippen LogP contribution in [-0.4, -0.2) is 36.4 Å². The topological polar surface area (TPSA) is 50.8 Å². The van der Waals surface area contributed by atoms with E-state index in [1.165, 1.54) is 0 Å². The van der Waals surface area contributed by atoms with Gasteiger partial charge in [-0.05, 0) is 62.7 Å². The van der Waals surface area contributed by atoms with Crippen molar-refractivity contribution >= 4 is 29.1 Å².